The molecule has 0 saturated heterocycles. The third-order valence-electron chi connectivity index (χ3n) is 1.92. The first-order chi connectivity index (χ1) is 6.77. The predicted octanol–water partition coefficient (Wildman–Crippen LogP) is 2.21. The van der Waals surface area contributed by atoms with Gasteiger partial charge in [-0.05, 0) is 25.1 Å². The minimum absolute atomic E-state index is 0.0602. The number of rotatable bonds is 2. The van der Waals surface area contributed by atoms with Crippen molar-refractivity contribution in [2.45, 2.75) is 6.92 Å². The van der Waals surface area contributed by atoms with Crippen molar-refractivity contribution in [1.29, 1.82) is 0 Å². The highest BCUT2D eigenvalue weighted by Gasteiger charge is 2.10. The van der Waals surface area contributed by atoms with Crippen LogP contribution in [0.5, 0.6) is 0 Å². The summed E-state index contributed by atoms with van der Waals surface area (Å²) in [6.45, 7) is 1.81. The minimum atomic E-state index is -0.0602. The van der Waals surface area contributed by atoms with Gasteiger partial charge in [0, 0.05) is 18.0 Å². The molecular weight excluding hydrogens is 178 g/mol. The molecule has 0 spiro atoms. The molecule has 2 aromatic rings. The van der Waals surface area contributed by atoms with Crippen LogP contribution in [0.3, 0.4) is 0 Å². The molecule has 14 heavy (non-hydrogen) atoms. The van der Waals surface area contributed by atoms with E-state index in [2.05, 4.69) is 4.98 Å². The van der Waals surface area contributed by atoms with Crippen molar-refractivity contribution in [1.82, 2.24) is 4.98 Å². The Morgan fingerprint density at radius 3 is 2.86 bits per heavy atom. The quantitative estimate of drug-likeness (QED) is 0.677. The number of ketones is 1. The lowest BCUT2D eigenvalue weighted by Gasteiger charge is -1.94. The van der Waals surface area contributed by atoms with Gasteiger partial charge in [0.1, 0.15) is 12.0 Å². The number of furan rings is 1. The Hall–Kier alpha value is -1.90. The highest BCUT2D eigenvalue weighted by Crippen LogP contribution is 2.11. The van der Waals surface area contributed by atoms with Gasteiger partial charge in [0.05, 0.1) is 5.56 Å². The first kappa shape index (κ1) is 8.69. The number of carbonyl (C=O) groups excluding carboxylic acids is 1. The van der Waals surface area contributed by atoms with Gasteiger partial charge in [-0.3, -0.25) is 9.78 Å². The summed E-state index contributed by atoms with van der Waals surface area (Å²) in [7, 11) is 0. The Morgan fingerprint density at radius 2 is 2.29 bits per heavy atom. The van der Waals surface area contributed by atoms with E-state index in [9.17, 15) is 4.79 Å². The van der Waals surface area contributed by atoms with Crippen molar-refractivity contribution in [3.63, 3.8) is 0 Å². The SMILES string of the molecule is Cc1cc(C(=O)c2cccnc2)co1. The molecule has 0 aliphatic carbocycles. The second-order valence-electron chi connectivity index (χ2n) is 3.02. The Bertz CT molecular complexity index is 445. The highest BCUT2D eigenvalue weighted by molar-refractivity contribution is 6.08. The third kappa shape index (κ3) is 1.57. The van der Waals surface area contributed by atoms with Crippen LogP contribution in [0.15, 0.2) is 41.3 Å². The van der Waals surface area contributed by atoms with Gasteiger partial charge < -0.3 is 4.42 Å². The van der Waals surface area contributed by atoms with Crippen molar-refractivity contribution in [2.75, 3.05) is 0 Å². The molecule has 2 aromatic heterocycles. The lowest BCUT2D eigenvalue weighted by atomic mass is 10.1. The summed E-state index contributed by atoms with van der Waals surface area (Å²) >= 11 is 0. The zero-order valence-corrected chi connectivity index (χ0v) is 7.73. The van der Waals surface area contributed by atoms with Gasteiger partial charge in [-0.25, -0.2) is 0 Å². The molecule has 0 bridgehead atoms. The smallest absolute Gasteiger partial charge is 0.197 e. The normalized spacial score (nSPS) is 10.1. The topological polar surface area (TPSA) is 43.1 Å². The number of nitrogens with zero attached hydrogens (tertiary/aromatic N) is 1. The van der Waals surface area contributed by atoms with Crippen LogP contribution in [0.1, 0.15) is 21.7 Å². The summed E-state index contributed by atoms with van der Waals surface area (Å²) in [6.07, 6.45) is 4.65. The fourth-order valence-electron chi connectivity index (χ4n) is 1.23. The number of carbonyl (C=O) groups is 1. The van der Waals surface area contributed by atoms with Crippen LogP contribution in [-0.2, 0) is 0 Å². The summed E-state index contributed by atoms with van der Waals surface area (Å²) in [6, 6.07) is 5.19. The molecule has 0 amide bonds. The average molecular weight is 187 g/mol. The van der Waals surface area contributed by atoms with Crippen molar-refractivity contribution in [3.8, 4) is 0 Å². The molecule has 3 heteroatoms. The Kier molecular flexibility index (Phi) is 2.14. The Labute approximate surface area is 81.4 Å². The van der Waals surface area contributed by atoms with Crippen LogP contribution >= 0.6 is 0 Å². The lowest BCUT2D eigenvalue weighted by Crippen LogP contribution is -1.99. The van der Waals surface area contributed by atoms with E-state index >= 15 is 0 Å². The molecule has 0 atom stereocenters. The number of hydrogen-bond donors (Lipinski definition) is 0. The molecule has 0 aliphatic heterocycles. The molecule has 70 valence electrons. The van der Waals surface area contributed by atoms with E-state index in [0.29, 0.717) is 11.1 Å². The van der Waals surface area contributed by atoms with Crippen LogP contribution in [0.4, 0.5) is 0 Å². The highest BCUT2D eigenvalue weighted by atomic mass is 16.3. The van der Waals surface area contributed by atoms with Gasteiger partial charge in [-0.1, -0.05) is 0 Å². The van der Waals surface area contributed by atoms with Crippen LogP contribution in [0.2, 0.25) is 0 Å². The molecule has 0 radical (unpaired) electrons. The molecule has 0 aromatic carbocycles. The number of hydrogen-bond acceptors (Lipinski definition) is 3. The molecule has 0 fully saturated rings. The molecular formula is C11H9NO2. The fourth-order valence-corrected chi connectivity index (χ4v) is 1.23. The van der Waals surface area contributed by atoms with Gasteiger partial charge in [-0.2, -0.15) is 0 Å². The third-order valence-corrected chi connectivity index (χ3v) is 1.92. The van der Waals surface area contributed by atoms with Gasteiger partial charge >= 0.3 is 0 Å². The summed E-state index contributed by atoms with van der Waals surface area (Å²) in [5.41, 5.74) is 1.14. The van der Waals surface area contributed by atoms with Crippen LogP contribution in [0.25, 0.3) is 0 Å². The van der Waals surface area contributed by atoms with Crippen molar-refractivity contribution in [2.24, 2.45) is 0 Å². The molecule has 2 rings (SSSR count). The summed E-state index contributed by atoms with van der Waals surface area (Å²) in [4.78, 5) is 15.6. The van der Waals surface area contributed by atoms with Crippen LogP contribution in [0, 0.1) is 6.92 Å². The molecule has 0 unspecified atom stereocenters. The predicted molar refractivity (Wildman–Crippen MR) is 51.1 cm³/mol. The van der Waals surface area contributed by atoms with E-state index in [1.165, 1.54) is 6.26 Å². The first-order valence-corrected chi connectivity index (χ1v) is 4.27. The summed E-state index contributed by atoms with van der Waals surface area (Å²) in [5.74, 6) is 0.673. The van der Waals surface area contributed by atoms with E-state index in [4.69, 9.17) is 4.42 Å². The van der Waals surface area contributed by atoms with E-state index in [1.807, 2.05) is 0 Å². The minimum Gasteiger partial charge on any atom is -0.469 e. The number of aromatic nitrogens is 1. The largest absolute Gasteiger partial charge is 0.469 e. The van der Waals surface area contributed by atoms with E-state index in [1.54, 1.807) is 37.5 Å². The second-order valence-corrected chi connectivity index (χ2v) is 3.02. The maximum Gasteiger partial charge on any atom is 0.197 e. The first-order valence-electron chi connectivity index (χ1n) is 4.27. The molecule has 2 heterocycles. The Balaban J connectivity index is 2.34. The second kappa shape index (κ2) is 3.46. The Morgan fingerprint density at radius 1 is 1.43 bits per heavy atom. The maximum absolute atomic E-state index is 11.8. The van der Waals surface area contributed by atoms with Gasteiger partial charge in [0.2, 0.25) is 0 Å². The van der Waals surface area contributed by atoms with Crippen molar-refractivity contribution in [3.05, 3.63) is 53.7 Å². The van der Waals surface area contributed by atoms with Gasteiger partial charge in [0.25, 0.3) is 0 Å². The van der Waals surface area contributed by atoms with Crippen molar-refractivity contribution < 1.29 is 9.21 Å². The van der Waals surface area contributed by atoms with E-state index in [-0.39, 0.29) is 5.78 Å². The fraction of sp³-hybridized carbons (Fsp3) is 0.0909. The summed E-state index contributed by atoms with van der Waals surface area (Å²) in [5, 5.41) is 0. The molecule has 0 N–H and O–H groups in total. The average Bonchev–Trinajstić information content (AvgIpc) is 2.65. The summed E-state index contributed by atoms with van der Waals surface area (Å²) < 4.78 is 5.07. The van der Waals surface area contributed by atoms with Gasteiger partial charge in [0.15, 0.2) is 5.78 Å². The number of pyridine rings is 1. The molecule has 3 nitrogen and oxygen atoms in total. The molecule has 0 saturated carbocycles. The number of aryl methyl sites for hydroxylation is 1. The van der Waals surface area contributed by atoms with E-state index in [0.717, 1.165) is 5.76 Å². The van der Waals surface area contributed by atoms with Crippen LogP contribution in [-0.4, -0.2) is 10.8 Å². The van der Waals surface area contributed by atoms with E-state index < -0.39 is 0 Å². The zero-order valence-electron chi connectivity index (χ0n) is 7.73. The van der Waals surface area contributed by atoms with Gasteiger partial charge in [-0.15, -0.1) is 0 Å². The maximum atomic E-state index is 11.8. The molecule has 0 aliphatic rings. The standard InChI is InChI=1S/C11H9NO2/c1-8-5-10(7-14-8)11(13)9-3-2-4-12-6-9/h2-7H,1H3. The van der Waals surface area contributed by atoms with Crippen molar-refractivity contribution >= 4 is 5.78 Å². The lowest BCUT2D eigenvalue weighted by molar-refractivity contribution is 0.103. The zero-order chi connectivity index (χ0) is 9.97. The van der Waals surface area contributed by atoms with Crippen LogP contribution < -0.4 is 0 Å². The monoisotopic (exact) mass is 187 g/mol.